The van der Waals surface area contributed by atoms with E-state index in [-0.39, 0.29) is 23.6 Å². The Labute approximate surface area is 163 Å². The van der Waals surface area contributed by atoms with Gasteiger partial charge in [0, 0.05) is 57.6 Å². The van der Waals surface area contributed by atoms with Crippen LogP contribution in [-0.4, -0.2) is 75.3 Å². The molecule has 1 unspecified atom stereocenters. The van der Waals surface area contributed by atoms with Gasteiger partial charge in [0.05, 0.1) is 6.04 Å². The van der Waals surface area contributed by atoms with Gasteiger partial charge in [-0.3, -0.25) is 24.1 Å². The lowest BCUT2D eigenvalue weighted by Crippen LogP contribution is -2.58. The minimum absolute atomic E-state index is 0.0373. The van der Waals surface area contributed by atoms with E-state index in [0.717, 1.165) is 12.8 Å². The lowest BCUT2D eigenvalue weighted by atomic mass is 10.0. The average Bonchev–Trinajstić information content (AvgIpc) is 3.14. The molecule has 28 heavy (non-hydrogen) atoms. The van der Waals surface area contributed by atoms with E-state index in [1.165, 1.54) is 12.1 Å². The normalized spacial score (nSPS) is 21.2. The summed E-state index contributed by atoms with van der Waals surface area (Å²) in [7, 11) is 1.85. The third-order valence-corrected chi connectivity index (χ3v) is 5.54. The molecular formula is C20H25N5O3. The zero-order valence-corrected chi connectivity index (χ0v) is 16.0. The fraction of sp³-hybridized carbons (Fsp3) is 0.450. The summed E-state index contributed by atoms with van der Waals surface area (Å²) in [5.41, 5.74) is 0.571. The van der Waals surface area contributed by atoms with Crippen LogP contribution in [-0.2, 0) is 11.8 Å². The molecule has 8 heteroatoms. The molecule has 0 bridgehead atoms. The van der Waals surface area contributed by atoms with Crippen molar-refractivity contribution in [2.45, 2.75) is 18.9 Å². The predicted molar refractivity (Wildman–Crippen MR) is 104 cm³/mol. The minimum Gasteiger partial charge on any atom is -0.508 e. The average molecular weight is 383 g/mol. The zero-order chi connectivity index (χ0) is 19.7. The molecule has 2 aliphatic rings. The van der Waals surface area contributed by atoms with Crippen LogP contribution < -0.4 is 4.90 Å². The Morgan fingerprint density at radius 3 is 2.43 bits per heavy atom. The van der Waals surface area contributed by atoms with Crippen LogP contribution in [0, 0.1) is 0 Å². The Hall–Kier alpha value is -2.87. The van der Waals surface area contributed by atoms with Crippen LogP contribution in [0.15, 0.2) is 36.5 Å². The van der Waals surface area contributed by atoms with E-state index >= 15 is 0 Å². The number of carbonyl (C=O) groups is 2. The van der Waals surface area contributed by atoms with Gasteiger partial charge in [0.25, 0.3) is 5.91 Å². The number of carbonyl (C=O) groups excluding carboxylic acids is 2. The number of piperidine rings is 1. The molecule has 3 heterocycles. The number of phenols is 1. The van der Waals surface area contributed by atoms with E-state index in [0.29, 0.717) is 44.1 Å². The van der Waals surface area contributed by atoms with E-state index < -0.39 is 0 Å². The Balaban J connectivity index is 1.38. The summed E-state index contributed by atoms with van der Waals surface area (Å²) in [5, 5.41) is 13.8. The largest absolute Gasteiger partial charge is 0.508 e. The second-order valence-corrected chi connectivity index (χ2v) is 7.37. The molecular weight excluding hydrogens is 358 g/mol. The molecule has 1 aromatic carbocycles. The third kappa shape index (κ3) is 3.60. The number of aromatic nitrogens is 2. The van der Waals surface area contributed by atoms with E-state index in [1.807, 2.05) is 24.2 Å². The topological polar surface area (TPSA) is 81.9 Å². The fourth-order valence-electron chi connectivity index (χ4n) is 3.99. The summed E-state index contributed by atoms with van der Waals surface area (Å²) in [4.78, 5) is 31.5. The van der Waals surface area contributed by atoms with Crippen molar-refractivity contribution >= 4 is 17.6 Å². The maximum Gasteiger partial charge on any atom is 0.253 e. The van der Waals surface area contributed by atoms with Crippen molar-refractivity contribution < 1.29 is 14.7 Å². The van der Waals surface area contributed by atoms with Crippen molar-refractivity contribution in [3.05, 3.63) is 42.1 Å². The first kappa shape index (κ1) is 18.5. The van der Waals surface area contributed by atoms with Crippen LogP contribution in [0.4, 0.5) is 5.82 Å². The molecule has 2 aliphatic heterocycles. The van der Waals surface area contributed by atoms with E-state index in [1.54, 1.807) is 21.7 Å². The van der Waals surface area contributed by atoms with Crippen LogP contribution in [0.3, 0.4) is 0 Å². The second kappa shape index (κ2) is 7.63. The van der Waals surface area contributed by atoms with Crippen molar-refractivity contribution in [1.29, 1.82) is 0 Å². The van der Waals surface area contributed by atoms with Gasteiger partial charge in [0.2, 0.25) is 5.91 Å². The fourth-order valence-corrected chi connectivity index (χ4v) is 3.99. The van der Waals surface area contributed by atoms with Crippen LogP contribution in [0.5, 0.6) is 5.75 Å². The molecule has 4 rings (SSSR count). The SMILES string of the molecule is Cn1ccc(N2CCCC(N3CCN(C(=O)c4ccc(O)cc4)CC3)C2=O)n1. The molecule has 2 amide bonds. The molecule has 2 fully saturated rings. The zero-order valence-electron chi connectivity index (χ0n) is 16.0. The van der Waals surface area contributed by atoms with Crippen molar-refractivity contribution in [3.8, 4) is 5.75 Å². The molecule has 0 aliphatic carbocycles. The molecule has 1 atom stereocenters. The van der Waals surface area contributed by atoms with Crippen molar-refractivity contribution in [3.63, 3.8) is 0 Å². The number of piperazine rings is 1. The number of benzene rings is 1. The Morgan fingerprint density at radius 2 is 1.79 bits per heavy atom. The molecule has 0 spiro atoms. The highest BCUT2D eigenvalue weighted by Gasteiger charge is 2.36. The van der Waals surface area contributed by atoms with Gasteiger partial charge in [-0.1, -0.05) is 0 Å². The second-order valence-electron chi connectivity index (χ2n) is 7.37. The number of rotatable bonds is 3. The summed E-state index contributed by atoms with van der Waals surface area (Å²) in [6.45, 7) is 3.23. The molecule has 148 valence electrons. The van der Waals surface area contributed by atoms with Crippen molar-refractivity contribution in [2.75, 3.05) is 37.6 Å². The first-order chi connectivity index (χ1) is 13.5. The number of hydrogen-bond acceptors (Lipinski definition) is 5. The lowest BCUT2D eigenvalue weighted by Gasteiger charge is -2.42. The van der Waals surface area contributed by atoms with Crippen LogP contribution in [0.1, 0.15) is 23.2 Å². The quantitative estimate of drug-likeness (QED) is 0.858. The molecule has 1 N–H and O–H groups in total. The van der Waals surface area contributed by atoms with Gasteiger partial charge in [0.1, 0.15) is 5.75 Å². The van der Waals surface area contributed by atoms with Gasteiger partial charge in [-0.05, 0) is 37.1 Å². The standard InChI is InChI=1S/C20H25N5O3/c1-22-10-8-18(21-22)25-9-2-3-17(20(25)28)23-11-13-24(14-12-23)19(27)15-4-6-16(26)7-5-15/h4-8,10,17,26H,2-3,9,11-14H2,1H3. The van der Waals surface area contributed by atoms with Crippen LogP contribution in [0.25, 0.3) is 0 Å². The highest BCUT2D eigenvalue weighted by atomic mass is 16.3. The van der Waals surface area contributed by atoms with E-state index in [9.17, 15) is 14.7 Å². The van der Waals surface area contributed by atoms with Gasteiger partial charge < -0.3 is 10.0 Å². The maximum absolute atomic E-state index is 13.0. The van der Waals surface area contributed by atoms with Crippen molar-refractivity contribution in [2.24, 2.45) is 7.05 Å². The number of nitrogens with zero attached hydrogens (tertiary/aromatic N) is 5. The number of amides is 2. The molecule has 0 radical (unpaired) electrons. The summed E-state index contributed by atoms with van der Waals surface area (Å²) < 4.78 is 1.71. The Morgan fingerprint density at radius 1 is 1.07 bits per heavy atom. The van der Waals surface area contributed by atoms with E-state index in [2.05, 4.69) is 10.00 Å². The molecule has 2 aromatic rings. The number of anilines is 1. The molecule has 1 aromatic heterocycles. The summed E-state index contributed by atoms with van der Waals surface area (Å²) >= 11 is 0. The minimum atomic E-state index is -0.151. The monoisotopic (exact) mass is 383 g/mol. The summed E-state index contributed by atoms with van der Waals surface area (Å²) in [6, 6.07) is 8.04. The number of aryl methyl sites for hydroxylation is 1. The van der Waals surface area contributed by atoms with Gasteiger partial charge in [0.15, 0.2) is 5.82 Å². The van der Waals surface area contributed by atoms with Gasteiger partial charge >= 0.3 is 0 Å². The molecule has 0 saturated carbocycles. The Kier molecular flexibility index (Phi) is 5.04. The predicted octanol–water partition coefficient (Wildman–Crippen LogP) is 1.08. The Bertz CT molecular complexity index is 855. The lowest BCUT2D eigenvalue weighted by molar-refractivity contribution is -0.126. The van der Waals surface area contributed by atoms with Gasteiger partial charge in [-0.25, -0.2) is 0 Å². The molecule has 2 saturated heterocycles. The highest BCUT2D eigenvalue weighted by molar-refractivity contribution is 5.97. The summed E-state index contributed by atoms with van der Waals surface area (Å²) in [5.74, 6) is 0.918. The van der Waals surface area contributed by atoms with Gasteiger partial charge in [-0.15, -0.1) is 0 Å². The molecule has 8 nitrogen and oxygen atoms in total. The highest BCUT2D eigenvalue weighted by Crippen LogP contribution is 2.23. The summed E-state index contributed by atoms with van der Waals surface area (Å²) in [6.07, 6.45) is 3.63. The number of hydrogen-bond donors (Lipinski definition) is 1. The number of phenolic OH excluding ortho intramolecular Hbond substituents is 1. The van der Waals surface area contributed by atoms with Crippen LogP contribution in [0.2, 0.25) is 0 Å². The van der Waals surface area contributed by atoms with Crippen molar-refractivity contribution in [1.82, 2.24) is 19.6 Å². The van der Waals surface area contributed by atoms with Crippen LogP contribution >= 0.6 is 0 Å². The smallest absolute Gasteiger partial charge is 0.253 e. The van der Waals surface area contributed by atoms with Gasteiger partial charge in [-0.2, -0.15) is 5.10 Å². The third-order valence-electron chi connectivity index (χ3n) is 5.54. The first-order valence-corrected chi connectivity index (χ1v) is 9.66. The first-order valence-electron chi connectivity index (χ1n) is 9.66. The van der Waals surface area contributed by atoms with E-state index in [4.69, 9.17) is 0 Å². The maximum atomic E-state index is 13.0. The number of aromatic hydroxyl groups is 1.